The summed E-state index contributed by atoms with van der Waals surface area (Å²) in [5, 5.41) is 6.68. The predicted molar refractivity (Wildman–Crippen MR) is 134 cm³/mol. The normalized spacial score (nSPS) is 11.0. The van der Waals surface area contributed by atoms with Gasteiger partial charge in [0.25, 0.3) is 0 Å². The van der Waals surface area contributed by atoms with Crippen LogP contribution in [0.3, 0.4) is 0 Å². The molecule has 0 aliphatic rings. The van der Waals surface area contributed by atoms with Crippen LogP contribution in [0.2, 0.25) is 0 Å². The van der Waals surface area contributed by atoms with E-state index in [1.165, 1.54) is 5.56 Å². The van der Waals surface area contributed by atoms with Crippen LogP contribution in [0.1, 0.15) is 38.7 Å². The molecule has 0 spiro atoms. The number of nitrogens with zero attached hydrogens (tertiary/aromatic N) is 1. The van der Waals surface area contributed by atoms with Gasteiger partial charge in [0.05, 0.1) is 26.9 Å². The lowest BCUT2D eigenvalue weighted by Crippen LogP contribution is -2.38. The number of unbranched alkanes of at least 4 members (excludes halogenated alkanes) is 1. The highest BCUT2D eigenvalue weighted by atomic mass is 127. The Morgan fingerprint density at radius 1 is 0.967 bits per heavy atom. The fourth-order valence-corrected chi connectivity index (χ4v) is 2.74. The Labute approximate surface area is 199 Å². The Bertz CT molecular complexity index is 573. The van der Waals surface area contributed by atoms with Gasteiger partial charge >= 0.3 is 0 Å². The Balaban J connectivity index is 0.00000841. The average molecular weight is 537 g/mol. The summed E-state index contributed by atoms with van der Waals surface area (Å²) >= 11 is 0. The quantitative estimate of drug-likeness (QED) is 0.145. The van der Waals surface area contributed by atoms with Gasteiger partial charge in [0.1, 0.15) is 0 Å². The number of methoxy groups -OCH3 is 2. The van der Waals surface area contributed by atoms with E-state index in [1.54, 1.807) is 14.2 Å². The summed E-state index contributed by atoms with van der Waals surface area (Å²) in [5.74, 6) is 2.45. The molecule has 1 rings (SSSR count). The van der Waals surface area contributed by atoms with E-state index in [9.17, 15) is 0 Å². The number of halogens is 1. The van der Waals surface area contributed by atoms with Gasteiger partial charge in [-0.1, -0.05) is 6.07 Å². The number of hydrogen-bond acceptors (Lipinski definition) is 5. The third-order valence-electron chi connectivity index (χ3n) is 4.21. The van der Waals surface area contributed by atoms with Crippen molar-refractivity contribution in [3.8, 4) is 11.5 Å². The highest BCUT2D eigenvalue weighted by Gasteiger charge is 2.05. The summed E-state index contributed by atoms with van der Waals surface area (Å²) in [6.07, 6.45) is 3.99. The van der Waals surface area contributed by atoms with E-state index in [1.807, 2.05) is 13.0 Å². The summed E-state index contributed by atoms with van der Waals surface area (Å²) in [5.41, 5.74) is 1.23. The van der Waals surface area contributed by atoms with Crippen molar-refractivity contribution in [2.75, 3.05) is 60.3 Å². The van der Waals surface area contributed by atoms with Crippen molar-refractivity contribution in [2.24, 2.45) is 4.99 Å². The monoisotopic (exact) mass is 537 g/mol. The van der Waals surface area contributed by atoms with Gasteiger partial charge in [-0.15, -0.1) is 24.0 Å². The van der Waals surface area contributed by atoms with Crippen LogP contribution in [0.5, 0.6) is 11.5 Å². The first-order valence-electron chi connectivity index (χ1n) is 10.6. The van der Waals surface area contributed by atoms with Crippen molar-refractivity contribution in [1.29, 1.82) is 0 Å². The number of aryl methyl sites for hydroxylation is 1. The Morgan fingerprint density at radius 2 is 1.80 bits per heavy atom. The molecule has 0 radical (unpaired) electrons. The molecule has 174 valence electrons. The molecular formula is C22H40IN3O4. The maximum absolute atomic E-state index is 5.65. The van der Waals surface area contributed by atoms with Crippen LogP contribution in [0.15, 0.2) is 23.2 Å². The van der Waals surface area contributed by atoms with Gasteiger partial charge in [0.15, 0.2) is 17.5 Å². The number of benzene rings is 1. The van der Waals surface area contributed by atoms with Gasteiger partial charge in [-0.25, -0.2) is 0 Å². The second kappa shape index (κ2) is 19.7. The molecule has 7 nitrogen and oxygen atoms in total. The van der Waals surface area contributed by atoms with Crippen molar-refractivity contribution < 1.29 is 18.9 Å². The summed E-state index contributed by atoms with van der Waals surface area (Å²) < 4.78 is 21.4. The molecule has 30 heavy (non-hydrogen) atoms. The maximum atomic E-state index is 5.65. The zero-order valence-corrected chi connectivity index (χ0v) is 21.3. The van der Waals surface area contributed by atoms with E-state index in [2.05, 4.69) is 34.7 Å². The average Bonchev–Trinajstić information content (AvgIpc) is 2.73. The highest BCUT2D eigenvalue weighted by Crippen LogP contribution is 2.28. The Morgan fingerprint density at radius 3 is 2.50 bits per heavy atom. The van der Waals surface area contributed by atoms with Crippen LogP contribution in [-0.4, -0.2) is 66.2 Å². The second-order valence-corrected chi connectivity index (χ2v) is 6.52. The molecule has 1 aromatic rings. The van der Waals surface area contributed by atoms with Crippen LogP contribution < -0.4 is 20.1 Å². The molecule has 0 heterocycles. The van der Waals surface area contributed by atoms with Crippen molar-refractivity contribution in [1.82, 2.24) is 10.6 Å². The predicted octanol–water partition coefficient (Wildman–Crippen LogP) is 3.64. The lowest BCUT2D eigenvalue weighted by atomic mass is 10.1. The molecule has 1 aromatic carbocycles. The van der Waals surface area contributed by atoms with Gasteiger partial charge in [-0.3, -0.25) is 4.99 Å². The highest BCUT2D eigenvalue weighted by molar-refractivity contribution is 14.0. The lowest BCUT2D eigenvalue weighted by Gasteiger charge is -2.12. The van der Waals surface area contributed by atoms with Gasteiger partial charge in [0.2, 0.25) is 0 Å². The third-order valence-corrected chi connectivity index (χ3v) is 4.21. The molecule has 0 aliphatic carbocycles. The van der Waals surface area contributed by atoms with E-state index in [4.69, 9.17) is 18.9 Å². The van der Waals surface area contributed by atoms with Crippen LogP contribution in [0.25, 0.3) is 0 Å². The van der Waals surface area contributed by atoms with Crippen molar-refractivity contribution >= 4 is 29.9 Å². The topological polar surface area (TPSA) is 73.3 Å². The minimum Gasteiger partial charge on any atom is -0.493 e. The van der Waals surface area contributed by atoms with Crippen LogP contribution in [0, 0.1) is 0 Å². The molecule has 2 N–H and O–H groups in total. The molecule has 0 bridgehead atoms. The van der Waals surface area contributed by atoms with Crippen LogP contribution in [-0.2, 0) is 15.9 Å². The fourth-order valence-electron chi connectivity index (χ4n) is 2.74. The number of aliphatic imine (C=N–C) groups is 1. The molecule has 8 heteroatoms. The molecule has 0 saturated carbocycles. The van der Waals surface area contributed by atoms with Gasteiger partial charge in [0, 0.05) is 33.4 Å². The largest absolute Gasteiger partial charge is 0.493 e. The van der Waals surface area contributed by atoms with Crippen LogP contribution in [0.4, 0.5) is 0 Å². The molecule has 0 fully saturated rings. The van der Waals surface area contributed by atoms with E-state index < -0.39 is 0 Å². The second-order valence-electron chi connectivity index (χ2n) is 6.52. The number of ether oxygens (including phenoxy) is 4. The summed E-state index contributed by atoms with van der Waals surface area (Å²) in [6.45, 7) is 9.26. The maximum Gasteiger partial charge on any atom is 0.191 e. The van der Waals surface area contributed by atoms with E-state index in [-0.39, 0.29) is 24.0 Å². The van der Waals surface area contributed by atoms with Crippen molar-refractivity contribution in [2.45, 2.75) is 39.5 Å². The van der Waals surface area contributed by atoms with Crippen LogP contribution >= 0.6 is 24.0 Å². The summed E-state index contributed by atoms with van der Waals surface area (Å²) in [7, 11) is 3.35. The van der Waals surface area contributed by atoms with E-state index >= 15 is 0 Å². The molecule has 0 aromatic heterocycles. The lowest BCUT2D eigenvalue weighted by molar-refractivity contribution is 0.0689. The van der Waals surface area contributed by atoms with Gasteiger partial charge in [-0.2, -0.15) is 0 Å². The molecule has 0 amide bonds. The smallest absolute Gasteiger partial charge is 0.191 e. The molecule has 0 aliphatic heterocycles. The first kappa shape index (κ1) is 28.7. The van der Waals surface area contributed by atoms with Gasteiger partial charge in [-0.05, 0) is 57.2 Å². The Hall–Kier alpha value is -1.26. The fraction of sp³-hybridized carbons (Fsp3) is 0.682. The number of hydrogen-bond donors (Lipinski definition) is 2. The minimum atomic E-state index is 0. The number of nitrogens with one attached hydrogen (secondary N) is 2. The Kier molecular flexibility index (Phi) is 18.9. The molecule has 0 atom stereocenters. The SMILES string of the molecule is CCNC(=NCCCc1ccc(OC)c(OCC)c1)NCCCCOCCOC.I. The molecular weight excluding hydrogens is 497 g/mol. The summed E-state index contributed by atoms with van der Waals surface area (Å²) in [6, 6.07) is 6.11. The molecule has 0 unspecified atom stereocenters. The number of guanidine groups is 1. The minimum absolute atomic E-state index is 0. The number of rotatable bonds is 16. The van der Waals surface area contributed by atoms with E-state index in [0.29, 0.717) is 19.8 Å². The van der Waals surface area contributed by atoms with E-state index in [0.717, 1.165) is 69.4 Å². The first-order valence-corrected chi connectivity index (χ1v) is 10.6. The zero-order chi connectivity index (χ0) is 21.2. The van der Waals surface area contributed by atoms with Gasteiger partial charge < -0.3 is 29.6 Å². The van der Waals surface area contributed by atoms with Crippen molar-refractivity contribution in [3.63, 3.8) is 0 Å². The first-order chi connectivity index (χ1) is 14.2. The summed E-state index contributed by atoms with van der Waals surface area (Å²) in [4.78, 5) is 4.67. The zero-order valence-electron chi connectivity index (χ0n) is 19.0. The standard InChI is InChI=1S/C22H39N3O4.HI/c1-5-23-22(24-13-7-8-15-28-17-16-26-3)25-14-9-10-19-11-12-20(27-4)21(18-19)29-6-2;/h11-12,18H,5-10,13-17H2,1-4H3,(H2,23,24,25);1H. The van der Waals surface area contributed by atoms with Crippen molar-refractivity contribution in [3.05, 3.63) is 23.8 Å². The molecule has 0 saturated heterocycles. The third kappa shape index (κ3) is 13.1.